The van der Waals surface area contributed by atoms with E-state index in [1.54, 1.807) is 11.8 Å². The van der Waals surface area contributed by atoms with E-state index in [0.29, 0.717) is 31.3 Å². The highest BCUT2D eigenvalue weighted by Crippen LogP contribution is 2.23. The number of aryl methyl sites for hydroxylation is 1. The molecule has 124 valence electrons. The normalized spacial score (nSPS) is 21.4. The van der Waals surface area contributed by atoms with E-state index in [9.17, 15) is 4.79 Å². The number of carbonyl (C=O) groups is 1. The number of ether oxygens (including phenoxy) is 2. The van der Waals surface area contributed by atoms with Crippen molar-refractivity contribution in [3.05, 3.63) is 17.5 Å². The van der Waals surface area contributed by atoms with Crippen molar-refractivity contribution >= 4 is 5.91 Å². The molecule has 6 heteroatoms. The van der Waals surface area contributed by atoms with E-state index in [4.69, 9.17) is 9.47 Å². The third-order valence-corrected chi connectivity index (χ3v) is 3.85. The fourth-order valence-electron chi connectivity index (χ4n) is 3.01. The molecular formula is C16H27N3O3. The number of hydrogen-bond donors (Lipinski definition) is 0. The fourth-order valence-corrected chi connectivity index (χ4v) is 3.01. The molecule has 0 radical (unpaired) electrons. The van der Waals surface area contributed by atoms with Gasteiger partial charge in [-0.25, -0.2) is 0 Å². The summed E-state index contributed by atoms with van der Waals surface area (Å²) in [5.41, 5.74) is 1.18. The van der Waals surface area contributed by atoms with Crippen molar-refractivity contribution in [2.75, 3.05) is 26.8 Å². The highest BCUT2D eigenvalue weighted by atomic mass is 16.5. The largest absolute Gasteiger partial charge is 0.382 e. The summed E-state index contributed by atoms with van der Waals surface area (Å²) in [6.07, 6.45) is -0.106. The molecule has 0 spiro atoms. The van der Waals surface area contributed by atoms with Gasteiger partial charge in [-0.1, -0.05) is 13.8 Å². The number of carbonyl (C=O) groups excluding carboxylic acids is 1. The van der Waals surface area contributed by atoms with Crippen LogP contribution in [-0.4, -0.2) is 59.1 Å². The highest BCUT2D eigenvalue weighted by molar-refractivity contribution is 5.92. The Hall–Kier alpha value is -1.40. The standard InChI is InChI=1S/C16H27N3O3/c1-11(2)14-7-13(17-18(14)5)15(20)19-8-12(9-21-6)22-16(3,4)10-19/h7,11-12H,8-10H2,1-6H3. The molecule has 0 saturated carbocycles. The van der Waals surface area contributed by atoms with E-state index in [1.165, 1.54) is 0 Å². The van der Waals surface area contributed by atoms with Crippen LogP contribution in [0.4, 0.5) is 0 Å². The Morgan fingerprint density at radius 1 is 1.55 bits per heavy atom. The number of nitrogens with zero attached hydrogens (tertiary/aromatic N) is 3. The van der Waals surface area contributed by atoms with Gasteiger partial charge in [0.1, 0.15) is 0 Å². The van der Waals surface area contributed by atoms with Gasteiger partial charge in [-0.05, 0) is 25.8 Å². The lowest BCUT2D eigenvalue weighted by molar-refractivity contribution is -0.143. The van der Waals surface area contributed by atoms with Crippen LogP contribution in [0.25, 0.3) is 0 Å². The first-order chi connectivity index (χ1) is 10.2. The number of aromatic nitrogens is 2. The van der Waals surface area contributed by atoms with Gasteiger partial charge in [-0.15, -0.1) is 0 Å². The zero-order chi connectivity index (χ0) is 16.5. The molecule has 0 aromatic carbocycles. The maximum Gasteiger partial charge on any atom is 0.274 e. The first-order valence-electron chi connectivity index (χ1n) is 7.73. The third kappa shape index (κ3) is 3.67. The summed E-state index contributed by atoms with van der Waals surface area (Å²) in [7, 11) is 3.52. The molecule has 1 aromatic rings. The molecule has 0 bridgehead atoms. The number of morpholine rings is 1. The molecule has 2 rings (SSSR count). The Kier molecular flexibility index (Phi) is 4.92. The van der Waals surface area contributed by atoms with Crippen molar-refractivity contribution in [1.82, 2.24) is 14.7 Å². The molecule has 1 aliphatic rings. The molecule has 1 amide bonds. The molecule has 1 saturated heterocycles. The van der Waals surface area contributed by atoms with Gasteiger partial charge < -0.3 is 14.4 Å². The lowest BCUT2D eigenvalue weighted by Gasteiger charge is -2.42. The molecule has 1 fully saturated rings. The van der Waals surface area contributed by atoms with Crippen molar-refractivity contribution in [1.29, 1.82) is 0 Å². The van der Waals surface area contributed by atoms with Crippen LogP contribution >= 0.6 is 0 Å². The van der Waals surface area contributed by atoms with E-state index in [1.807, 2.05) is 31.9 Å². The summed E-state index contributed by atoms with van der Waals surface area (Å²) in [5, 5.41) is 4.38. The zero-order valence-electron chi connectivity index (χ0n) is 14.4. The van der Waals surface area contributed by atoms with Gasteiger partial charge >= 0.3 is 0 Å². The predicted octanol–water partition coefficient (Wildman–Crippen LogP) is 1.81. The zero-order valence-corrected chi connectivity index (χ0v) is 14.4. The Labute approximate surface area is 132 Å². The lowest BCUT2D eigenvalue weighted by Crippen LogP contribution is -2.55. The van der Waals surface area contributed by atoms with Gasteiger partial charge in [-0.3, -0.25) is 9.48 Å². The minimum absolute atomic E-state index is 0.0417. The lowest BCUT2D eigenvalue weighted by atomic mass is 10.0. The minimum Gasteiger partial charge on any atom is -0.382 e. The Morgan fingerprint density at radius 2 is 2.23 bits per heavy atom. The maximum atomic E-state index is 12.8. The second-order valence-electron chi connectivity index (χ2n) is 6.87. The van der Waals surface area contributed by atoms with Crippen LogP contribution in [0.5, 0.6) is 0 Å². The Balaban J connectivity index is 2.19. The van der Waals surface area contributed by atoms with Gasteiger partial charge in [0.15, 0.2) is 5.69 Å². The molecule has 1 unspecified atom stereocenters. The molecular weight excluding hydrogens is 282 g/mol. The molecule has 1 aliphatic heterocycles. The van der Waals surface area contributed by atoms with Crippen LogP contribution in [0.2, 0.25) is 0 Å². The van der Waals surface area contributed by atoms with Gasteiger partial charge in [0.25, 0.3) is 5.91 Å². The van der Waals surface area contributed by atoms with E-state index >= 15 is 0 Å². The highest BCUT2D eigenvalue weighted by Gasteiger charge is 2.36. The van der Waals surface area contributed by atoms with E-state index < -0.39 is 0 Å². The van der Waals surface area contributed by atoms with Gasteiger partial charge in [0.2, 0.25) is 0 Å². The van der Waals surface area contributed by atoms with Gasteiger partial charge in [-0.2, -0.15) is 5.10 Å². The molecule has 6 nitrogen and oxygen atoms in total. The van der Waals surface area contributed by atoms with Gasteiger partial charge in [0, 0.05) is 32.9 Å². The van der Waals surface area contributed by atoms with Crippen LogP contribution in [-0.2, 0) is 16.5 Å². The Bertz CT molecular complexity index is 537. The predicted molar refractivity (Wildman–Crippen MR) is 84.0 cm³/mol. The summed E-state index contributed by atoms with van der Waals surface area (Å²) in [6.45, 7) is 9.74. The molecule has 22 heavy (non-hydrogen) atoms. The van der Waals surface area contributed by atoms with Crippen LogP contribution in [0, 0.1) is 0 Å². The summed E-state index contributed by atoms with van der Waals surface area (Å²) < 4.78 is 12.9. The van der Waals surface area contributed by atoms with E-state index in [0.717, 1.165) is 5.69 Å². The summed E-state index contributed by atoms with van der Waals surface area (Å²) in [6, 6.07) is 1.89. The second-order valence-corrected chi connectivity index (χ2v) is 6.87. The van der Waals surface area contributed by atoms with Crippen LogP contribution in [0.1, 0.15) is 49.8 Å². The molecule has 2 heterocycles. The number of amides is 1. The summed E-state index contributed by atoms with van der Waals surface area (Å²) in [5.74, 6) is 0.293. The molecule has 0 N–H and O–H groups in total. The Morgan fingerprint density at radius 3 is 2.77 bits per heavy atom. The number of methoxy groups -OCH3 is 1. The SMILES string of the molecule is COCC1CN(C(=O)c2cc(C(C)C)n(C)n2)CC(C)(C)O1. The second kappa shape index (κ2) is 6.38. The fraction of sp³-hybridized carbons (Fsp3) is 0.750. The van der Waals surface area contributed by atoms with Crippen molar-refractivity contribution in [2.45, 2.75) is 45.3 Å². The monoisotopic (exact) mass is 309 g/mol. The maximum absolute atomic E-state index is 12.8. The van der Waals surface area contributed by atoms with Crippen molar-refractivity contribution in [3.8, 4) is 0 Å². The topological polar surface area (TPSA) is 56.6 Å². The quantitative estimate of drug-likeness (QED) is 0.851. The summed E-state index contributed by atoms with van der Waals surface area (Å²) in [4.78, 5) is 14.6. The van der Waals surface area contributed by atoms with E-state index in [-0.39, 0.29) is 17.6 Å². The molecule has 1 atom stereocenters. The van der Waals surface area contributed by atoms with Crippen molar-refractivity contribution in [3.63, 3.8) is 0 Å². The van der Waals surface area contributed by atoms with Crippen LogP contribution < -0.4 is 0 Å². The number of rotatable bonds is 4. The number of hydrogen-bond acceptors (Lipinski definition) is 4. The van der Waals surface area contributed by atoms with Crippen LogP contribution in [0.15, 0.2) is 6.07 Å². The first-order valence-corrected chi connectivity index (χ1v) is 7.73. The van der Waals surface area contributed by atoms with Crippen molar-refractivity contribution in [2.24, 2.45) is 7.05 Å². The molecule has 1 aromatic heterocycles. The summed E-state index contributed by atoms with van der Waals surface area (Å²) >= 11 is 0. The smallest absolute Gasteiger partial charge is 0.274 e. The van der Waals surface area contributed by atoms with Gasteiger partial charge in [0.05, 0.1) is 18.3 Å². The van der Waals surface area contributed by atoms with E-state index in [2.05, 4.69) is 18.9 Å². The van der Waals surface area contributed by atoms with Crippen molar-refractivity contribution < 1.29 is 14.3 Å². The minimum atomic E-state index is -0.382. The molecule has 0 aliphatic carbocycles. The average molecular weight is 309 g/mol. The third-order valence-electron chi connectivity index (χ3n) is 3.85. The van der Waals surface area contributed by atoms with Crippen LogP contribution in [0.3, 0.4) is 0 Å². The first kappa shape index (κ1) is 17.0. The average Bonchev–Trinajstić information content (AvgIpc) is 2.78.